The van der Waals surface area contributed by atoms with E-state index in [1.165, 1.54) is 5.56 Å². The highest BCUT2D eigenvalue weighted by atomic mass is 16.2. The van der Waals surface area contributed by atoms with Gasteiger partial charge in [0, 0.05) is 18.6 Å². The zero-order valence-electron chi connectivity index (χ0n) is 8.66. The van der Waals surface area contributed by atoms with Crippen LogP contribution < -0.4 is 0 Å². The van der Waals surface area contributed by atoms with Crippen LogP contribution in [0.25, 0.3) is 0 Å². The summed E-state index contributed by atoms with van der Waals surface area (Å²) in [4.78, 5) is 11.5. The largest absolute Gasteiger partial charge is 0.400 e. The van der Waals surface area contributed by atoms with Crippen molar-refractivity contribution in [2.75, 3.05) is 7.11 Å². The molecule has 0 unspecified atom stereocenters. The minimum Gasteiger partial charge on any atom is -0.400 e. The number of aliphatic hydroxyl groups excluding tert-OH is 1. The Morgan fingerprint density at radius 1 is 1.21 bits per heavy atom. The van der Waals surface area contributed by atoms with Crippen LogP contribution in [0.5, 0.6) is 0 Å². The number of carbonyl (C=O) groups is 1. The maximum Gasteiger partial charge on any atom is 0.165 e. The number of carbonyl (C=O) groups excluding carboxylic acids is 1. The first-order valence-electron chi connectivity index (χ1n) is 4.83. The smallest absolute Gasteiger partial charge is 0.165 e. The van der Waals surface area contributed by atoms with Gasteiger partial charge < -0.3 is 5.11 Å². The molecule has 0 bridgehead atoms. The average Bonchev–Trinajstić information content (AvgIpc) is 3.04. The molecule has 14 heavy (non-hydrogen) atoms. The maximum absolute atomic E-state index is 11.5. The van der Waals surface area contributed by atoms with Crippen LogP contribution in [0, 0.1) is 12.8 Å². The molecule has 0 aliphatic heterocycles. The van der Waals surface area contributed by atoms with Gasteiger partial charge in [-0.3, -0.25) is 4.79 Å². The number of ketones is 1. The molecule has 76 valence electrons. The number of aliphatic hydroxyl groups is 1. The highest BCUT2D eigenvalue weighted by molar-refractivity contribution is 5.99. The average molecular weight is 192 g/mol. The molecule has 0 radical (unpaired) electrons. The van der Waals surface area contributed by atoms with Gasteiger partial charge in [-0.2, -0.15) is 0 Å². The van der Waals surface area contributed by atoms with Gasteiger partial charge in [0.1, 0.15) is 0 Å². The van der Waals surface area contributed by atoms with Crippen molar-refractivity contribution in [3.8, 4) is 0 Å². The molecule has 2 heteroatoms. The quantitative estimate of drug-likeness (QED) is 0.729. The summed E-state index contributed by atoms with van der Waals surface area (Å²) in [5.74, 6) is 0.669. The summed E-state index contributed by atoms with van der Waals surface area (Å²) in [6.07, 6.45) is 2.18. The van der Waals surface area contributed by atoms with Crippen LogP contribution >= 0.6 is 0 Å². The summed E-state index contributed by atoms with van der Waals surface area (Å²) in [7, 11) is 1.00. The van der Waals surface area contributed by atoms with E-state index in [0.717, 1.165) is 25.5 Å². The van der Waals surface area contributed by atoms with E-state index in [-0.39, 0.29) is 0 Å². The lowest BCUT2D eigenvalue weighted by Gasteiger charge is -1.98. The first-order chi connectivity index (χ1) is 6.77. The Morgan fingerprint density at radius 3 is 2.14 bits per heavy atom. The molecule has 1 aliphatic rings. The molecule has 0 heterocycles. The number of hydrogen-bond acceptors (Lipinski definition) is 2. The first kappa shape index (κ1) is 10.9. The van der Waals surface area contributed by atoms with E-state index < -0.39 is 0 Å². The predicted octanol–water partition coefficient (Wildman–Crippen LogP) is 2.20. The van der Waals surface area contributed by atoms with Crippen LogP contribution in [-0.2, 0) is 0 Å². The molecule has 1 saturated carbocycles. The maximum atomic E-state index is 11.5. The molecule has 0 atom stereocenters. The van der Waals surface area contributed by atoms with Crippen molar-refractivity contribution in [2.45, 2.75) is 19.8 Å². The molecule has 1 N–H and O–H groups in total. The molecule has 1 aliphatic carbocycles. The van der Waals surface area contributed by atoms with E-state index in [2.05, 4.69) is 0 Å². The van der Waals surface area contributed by atoms with Gasteiger partial charge in [-0.25, -0.2) is 0 Å². The van der Waals surface area contributed by atoms with E-state index in [9.17, 15) is 4.79 Å². The fraction of sp³-hybridized carbons (Fsp3) is 0.417. The van der Waals surface area contributed by atoms with Crippen molar-refractivity contribution in [3.05, 3.63) is 35.4 Å². The van der Waals surface area contributed by atoms with Crippen molar-refractivity contribution < 1.29 is 9.90 Å². The summed E-state index contributed by atoms with van der Waals surface area (Å²) in [6, 6.07) is 7.84. The minimum atomic E-state index is 0.329. The Balaban J connectivity index is 0.000000461. The second-order valence-electron chi connectivity index (χ2n) is 3.50. The highest BCUT2D eigenvalue weighted by Crippen LogP contribution is 2.32. The lowest BCUT2D eigenvalue weighted by atomic mass is 10.1. The SMILES string of the molecule is CO.Cc1ccc(C(=O)C2CC2)cc1. The van der Waals surface area contributed by atoms with Gasteiger partial charge in [0.15, 0.2) is 5.78 Å². The number of benzene rings is 1. The van der Waals surface area contributed by atoms with Gasteiger partial charge in [-0.05, 0) is 19.8 Å². The third-order valence-electron chi connectivity index (χ3n) is 2.28. The molecular weight excluding hydrogens is 176 g/mol. The molecule has 2 nitrogen and oxygen atoms in total. The van der Waals surface area contributed by atoms with Gasteiger partial charge in [0.05, 0.1) is 0 Å². The zero-order valence-corrected chi connectivity index (χ0v) is 8.66. The first-order valence-corrected chi connectivity index (χ1v) is 4.83. The molecule has 0 amide bonds. The van der Waals surface area contributed by atoms with Crippen LogP contribution in [-0.4, -0.2) is 18.0 Å². The monoisotopic (exact) mass is 192 g/mol. The molecule has 1 fully saturated rings. The van der Waals surface area contributed by atoms with Crippen molar-refractivity contribution in [3.63, 3.8) is 0 Å². The van der Waals surface area contributed by atoms with Gasteiger partial charge in [0.25, 0.3) is 0 Å². The Labute approximate surface area is 84.6 Å². The summed E-state index contributed by atoms with van der Waals surface area (Å²) in [6.45, 7) is 2.03. The van der Waals surface area contributed by atoms with E-state index >= 15 is 0 Å². The van der Waals surface area contributed by atoms with Crippen molar-refractivity contribution in [1.82, 2.24) is 0 Å². The standard InChI is InChI=1S/C11H12O.CH4O/c1-8-2-4-9(5-3-8)11(12)10-6-7-10;1-2/h2-5,10H,6-7H2,1H3;2H,1H3. The summed E-state index contributed by atoms with van der Waals surface area (Å²) >= 11 is 0. The second kappa shape index (κ2) is 4.91. The van der Waals surface area contributed by atoms with E-state index in [1.54, 1.807) is 0 Å². The van der Waals surface area contributed by atoms with E-state index in [4.69, 9.17) is 5.11 Å². The summed E-state index contributed by atoms with van der Waals surface area (Å²) < 4.78 is 0. The van der Waals surface area contributed by atoms with Crippen LogP contribution in [0.2, 0.25) is 0 Å². The lowest BCUT2D eigenvalue weighted by Crippen LogP contribution is -2.00. The molecule has 0 spiro atoms. The Bertz CT molecular complexity index is 297. The van der Waals surface area contributed by atoms with E-state index in [1.807, 2.05) is 31.2 Å². The Hall–Kier alpha value is -1.15. The van der Waals surface area contributed by atoms with Crippen molar-refractivity contribution in [2.24, 2.45) is 5.92 Å². The zero-order chi connectivity index (χ0) is 10.6. The molecule has 0 saturated heterocycles. The van der Waals surface area contributed by atoms with Crippen molar-refractivity contribution in [1.29, 1.82) is 0 Å². The molecule has 1 aromatic rings. The molecule has 2 rings (SSSR count). The fourth-order valence-corrected chi connectivity index (χ4v) is 1.30. The molecule has 0 aromatic heterocycles. The summed E-state index contributed by atoms with van der Waals surface area (Å²) in [5, 5.41) is 7.00. The van der Waals surface area contributed by atoms with Gasteiger partial charge in [-0.1, -0.05) is 29.8 Å². The van der Waals surface area contributed by atoms with Crippen LogP contribution in [0.1, 0.15) is 28.8 Å². The summed E-state index contributed by atoms with van der Waals surface area (Å²) in [5.41, 5.74) is 2.09. The molecule has 1 aromatic carbocycles. The van der Waals surface area contributed by atoms with Crippen molar-refractivity contribution >= 4 is 5.78 Å². The second-order valence-corrected chi connectivity index (χ2v) is 3.50. The predicted molar refractivity (Wildman–Crippen MR) is 56.4 cm³/mol. The van der Waals surface area contributed by atoms with Crippen LogP contribution in [0.3, 0.4) is 0 Å². The normalized spacial score (nSPS) is 14.2. The third-order valence-corrected chi connectivity index (χ3v) is 2.28. The van der Waals surface area contributed by atoms with Gasteiger partial charge >= 0.3 is 0 Å². The van der Waals surface area contributed by atoms with Crippen LogP contribution in [0.4, 0.5) is 0 Å². The van der Waals surface area contributed by atoms with Gasteiger partial charge in [-0.15, -0.1) is 0 Å². The number of aryl methyl sites for hydroxylation is 1. The van der Waals surface area contributed by atoms with E-state index in [0.29, 0.717) is 11.7 Å². The number of Topliss-reactive ketones (excluding diaryl/α,β-unsaturated/α-hetero) is 1. The molecular formula is C12H16O2. The highest BCUT2D eigenvalue weighted by Gasteiger charge is 2.29. The Kier molecular flexibility index (Phi) is 3.84. The lowest BCUT2D eigenvalue weighted by molar-refractivity contribution is 0.0967. The minimum absolute atomic E-state index is 0.329. The number of hydrogen-bond donors (Lipinski definition) is 1. The third kappa shape index (κ3) is 2.67. The van der Waals surface area contributed by atoms with Gasteiger partial charge in [0.2, 0.25) is 0 Å². The number of rotatable bonds is 2. The van der Waals surface area contributed by atoms with Crippen LogP contribution in [0.15, 0.2) is 24.3 Å². The fourth-order valence-electron chi connectivity index (χ4n) is 1.30. The Morgan fingerprint density at radius 2 is 1.71 bits per heavy atom. The topological polar surface area (TPSA) is 37.3 Å².